The minimum absolute atomic E-state index is 0.105. The Hall–Kier alpha value is -1.82. The quantitative estimate of drug-likeness (QED) is 0.630. The molecule has 6 heteroatoms. The fourth-order valence-corrected chi connectivity index (χ4v) is 3.53. The van der Waals surface area contributed by atoms with Crippen LogP contribution in [0.25, 0.3) is 0 Å². The van der Waals surface area contributed by atoms with Crippen LogP contribution >= 0.6 is 0 Å². The van der Waals surface area contributed by atoms with Crippen molar-refractivity contribution in [3.8, 4) is 5.75 Å². The zero-order valence-corrected chi connectivity index (χ0v) is 16.4. The third kappa shape index (κ3) is 4.17. The van der Waals surface area contributed by atoms with Gasteiger partial charge in [0.25, 0.3) is 0 Å². The molecule has 0 saturated heterocycles. The Morgan fingerprint density at radius 2 is 1.79 bits per heavy atom. The van der Waals surface area contributed by atoms with Crippen molar-refractivity contribution in [1.29, 1.82) is 0 Å². The summed E-state index contributed by atoms with van der Waals surface area (Å²) in [6.45, 7) is 13.8. The van der Waals surface area contributed by atoms with Gasteiger partial charge in [0.15, 0.2) is 5.78 Å². The second-order valence-electron chi connectivity index (χ2n) is 7.46. The summed E-state index contributed by atoms with van der Waals surface area (Å²) >= 11 is 0. The monoisotopic (exact) mass is 348 g/mol. The summed E-state index contributed by atoms with van der Waals surface area (Å²) in [7, 11) is 3.06. The van der Waals surface area contributed by atoms with Crippen LogP contribution in [0.15, 0.2) is 6.07 Å². The summed E-state index contributed by atoms with van der Waals surface area (Å²) in [5.41, 5.74) is 3.24. The zero-order valence-electron chi connectivity index (χ0n) is 15.4. The first-order chi connectivity index (χ1) is 10.9. The first-order valence-electron chi connectivity index (χ1n) is 7.93. The standard InChI is InChI=1S/C18H26NO4Si/c1-9(2)14(19-17(21)22)15(20)12-8-10(3)13(18(5,6)7)11(4)16(12)23-24/h8-9,14,19H,1-7H3,(H,21,22)/t14-/m0/s1. The Morgan fingerprint density at radius 1 is 1.25 bits per heavy atom. The van der Waals surface area contributed by atoms with E-state index in [0.717, 1.165) is 16.7 Å². The summed E-state index contributed by atoms with van der Waals surface area (Å²) in [5.74, 6) is -0.0450. The second kappa shape index (κ2) is 7.38. The number of aryl methyl sites for hydroxylation is 1. The molecule has 24 heavy (non-hydrogen) atoms. The van der Waals surface area contributed by atoms with Crippen LogP contribution in [-0.4, -0.2) is 33.5 Å². The van der Waals surface area contributed by atoms with Gasteiger partial charge in [-0.2, -0.15) is 0 Å². The SMILES string of the molecule is Cc1cc(C(=O)[C@@H](NC(=O)O)C(C)C)c(O[Si])c(C)c1C(C)(C)C. The van der Waals surface area contributed by atoms with E-state index >= 15 is 0 Å². The van der Waals surface area contributed by atoms with Crippen molar-refractivity contribution in [2.75, 3.05) is 0 Å². The van der Waals surface area contributed by atoms with E-state index in [0.29, 0.717) is 11.3 Å². The molecule has 0 heterocycles. The number of ketones is 1. The Labute approximate surface area is 147 Å². The van der Waals surface area contributed by atoms with Crippen LogP contribution in [0.5, 0.6) is 5.75 Å². The van der Waals surface area contributed by atoms with Gasteiger partial charge in [0.05, 0.1) is 11.6 Å². The number of hydrogen-bond donors (Lipinski definition) is 2. The van der Waals surface area contributed by atoms with Gasteiger partial charge in [-0.25, -0.2) is 4.79 Å². The normalized spacial score (nSPS) is 12.9. The average molecular weight is 348 g/mol. The van der Waals surface area contributed by atoms with Gasteiger partial charge in [0.1, 0.15) is 5.75 Å². The van der Waals surface area contributed by atoms with Crippen LogP contribution in [0.3, 0.4) is 0 Å². The summed E-state index contributed by atoms with van der Waals surface area (Å²) < 4.78 is 5.33. The molecule has 1 amide bonds. The second-order valence-corrected chi connectivity index (χ2v) is 7.66. The number of benzene rings is 1. The number of carbonyl (C=O) groups is 2. The molecule has 1 aromatic rings. The lowest BCUT2D eigenvalue weighted by molar-refractivity contribution is 0.0908. The Kier molecular flexibility index (Phi) is 6.22. The third-order valence-electron chi connectivity index (χ3n) is 4.06. The molecule has 0 saturated carbocycles. The molecule has 1 atom stereocenters. The molecule has 0 aliphatic carbocycles. The lowest BCUT2D eigenvalue weighted by atomic mass is 9.79. The van der Waals surface area contributed by atoms with Gasteiger partial charge in [-0.05, 0) is 47.9 Å². The van der Waals surface area contributed by atoms with Gasteiger partial charge in [0, 0.05) is 0 Å². The molecule has 1 aromatic carbocycles. The smallest absolute Gasteiger partial charge is 0.405 e. The largest absolute Gasteiger partial charge is 0.540 e. The van der Waals surface area contributed by atoms with Crippen molar-refractivity contribution in [2.45, 2.75) is 59.9 Å². The molecule has 2 N–H and O–H groups in total. The van der Waals surface area contributed by atoms with E-state index in [9.17, 15) is 9.59 Å². The first kappa shape index (κ1) is 20.2. The molecule has 0 aromatic heterocycles. The molecule has 0 bridgehead atoms. The van der Waals surface area contributed by atoms with Crippen molar-refractivity contribution in [3.05, 3.63) is 28.3 Å². The highest BCUT2D eigenvalue weighted by molar-refractivity contribution is 6.07. The van der Waals surface area contributed by atoms with E-state index in [1.165, 1.54) is 0 Å². The maximum atomic E-state index is 12.9. The molecule has 3 radical (unpaired) electrons. The molecule has 0 aliphatic heterocycles. The van der Waals surface area contributed by atoms with Gasteiger partial charge in [-0.3, -0.25) is 4.79 Å². The van der Waals surface area contributed by atoms with Crippen molar-refractivity contribution in [1.82, 2.24) is 5.32 Å². The average Bonchev–Trinajstić information content (AvgIpc) is 2.41. The summed E-state index contributed by atoms with van der Waals surface area (Å²) in [6.07, 6.45) is -1.22. The van der Waals surface area contributed by atoms with Gasteiger partial charge >= 0.3 is 16.6 Å². The van der Waals surface area contributed by atoms with Crippen molar-refractivity contribution in [2.24, 2.45) is 5.92 Å². The van der Waals surface area contributed by atoms with E-state index in [-0.39, 0.29) is 17.1 Å². The fourth-order valence-electron chi connectivity index (χ4n) is 3.27. The van der Waals surface area contributed by atoms with E-state index in [4.69, 9.17) is 9.53 Å². The van der Waals surface area contributed by atoms with E-state index in [1.54, 1.807) is 19.9 Å². The number of Topliss-reactive ketones (excluding diaryl/α,β-unsaturated/α-hetero) is 1. The van der Waals surface area contributed by atoms with E-state index < -0.39 is 12.1 Å². The Bertz CT molecular complexity index is 647. The fraction of sp³-hybridized carbons (Fsp3) is 0.556. The molecule has 0 aliphatic rings. The van der Waals surface area contributed by atoms with Crippen molar-refractivity contribution < 1.29 is 19.1 Å². The number of rotatable bonds is 5. The van der Waals surface area contributed by atoms with Crippen LogP contribution < -0.4 is 9.74 Å². The molecule has 0 unspecified atom stereocenters. The van der Waals surface area contributed by atoms with Crippen LogP contribution in [0.2, 0.25) is 0 Å². The van der Waals surface area contributed by atoms with Gasteiger partial charge in [-0.15, -0.1) is 0 Å². The Balaban J connectivity index is 3.54. The number of carboxylic acid groups (broad SMARTS) is 1. The van der Waals surface area contributed by atoms with Gasteiger partial charge in [-0.1, -0.05) is 34.6 Å². The predicted octanol–water partition coefficient (Wildman–Crippen LogP) is 3.54. The number of nitrogens with one attached hydrogen (secondary N) is 1. The summed E-state index contributed by atoms with van der Waals surface area (Å²) in [4.78, 5) is 24.0. The Morgan fingerprint density at radius 3 is 2.17 bits per heavy atom. The molecule has 1 rings (SSSR count). The van der Waals surface area contributed by atoms with Crippen molar-refractivity contribution >= 4 is 22.4 Å². The van der Waals surface area contributed by atoms with Crippen LogP contribution in [0, 0.1) is 19.8 Å². The number of carbonyl (C=O) groups excluding carboxylic acids is 1. The number of amides is 1. The van der Waals surface area contributed by atoms with Crippen LogP contribution in [0.4, 0.5) is 4.79 Å². The summed E-state index contributed by atoms with van der Waals surface area (Å²) in [5, 5.41) is 11.3. The minimum Gasteiger partial charge on any atom is -0.540 e. The maximum Gasteiger partial charge on any atom is 0.405 e. The maximum absolute atomic E-state index is 12.9. The molecular weight excluding hydrogens is 322 g/mol. The molecule has 131 valence electrons. The third-order valence-corrected chi connectivity index (χ3v) is 4.27. The lowest BCUT2D eigenvalue weighted by Gasteiger charge is -2.28. The lowest BCUT2D eigenvalue weighted by Crippen LogP contribution is -2.44. The topological polar surface area (TPSA) is 75.6 Å². The van der Waals surface area contributed by atoms with Gasteiger partial charge in [0.2, 0.25) is 0 Å². The van der Waals surface area contributed by atoms with E-state index in [2.05, 4.69) is 36.6 Å². The predicted molar refractivity (Wildman–Crippen MR) is 95.1 cm³/mol. The highest BCUT2D eigenvalue weighted by Crippen LogP contribution is 2.37. The minimum atomic E-state index is -1.22. The number of hydrogen-bond acceptors (Lipinski definition) is 3. The van der Waals surface area contributed by atoms with Gasteiger partial charge < -0.3 is 14.8 Å². The molecule has 0 spiro atoms. The van der Waals surface area contributed by atoms with Crippen LogP contribution in [-0.2, 0) is 5.41 Å². The highest BCUT2D eigenvalue weighted by atomic mass is 28.2. The zero-order chi connectivity index (χ0) is 18.8. The molecule has 5 nitrogen and oxygen atoms in total. The van der Waals surface area contributed by atoms with Crippen molar-refractivity contribution in [3.63, 3.8) is 0 Å². The molecular formula is C18H26NO4Si. The highest BCUT2D eigenvalue weighted by Gasteiger charge is 2.30. The van der Waals surface area contributed by atoms with Crippen LogP contribution in [0.1, 0.15) is 61.7 Å². The molecule has 0 fully saturated rings. The summed E-state index contributed by atoms with van der Waals surface area (Å²) in [6, 6.07) is 0.951. The first-order valence-corrected chi connectivity index (χ1v) is 8.34. The van der Waals surface area contributed by atoms with E-state index in [1.807, 2.05) is 13.8 Å².